The lowest BCUT2D eigenvalue weighted by atomic mass is 10.1. The topological polar surface area (TPSA) is 35.6 Å². The monoisotopic (exact) mass is 227 g/mol. The van der Waals surface area contributed by atoms with Gasteiger partial charge in [0, 0.05) is 25.7 Å². The molecule has 1 rings (SSSR count). The highest BCUT2D eigenvalue weighted by atomic mass is 16.2. The number of nitrogens with zero attached hydrogens (tertiary/aromatic N) is 2. The Labute approximate surface area is 99.0 Å². The van der Waals surface area contributed by atoms with Crippen molar-refractivity contribution in [1.29, 1.82) is 0 Å². The summed E-state index contributed by atoms with van der Waals surface area (Å²) in [4.78, 5) is 16.0. The van der Waals surface area contributed by atoms with Gasteiger partial charge >= 0.3 is 6.03 Å². The quantitative estimate of drug-likeness (QED) is 0.739. The highest BCUT2D eigenvalue weighted by Gasteiger charge is 2.24. The third kappa shape index (κ3) is 4.00. The van der Waals surface area contributed by atoms with E-state index < -0.39 is 0 Å². The van der Waals surface area contributed by atoms with Crippen molar-refractivity contribution in [2.75, 3.05) is 33.7 Å². The number of likely N-dealkylation sites (N-methyl/N-ethyl adjacent to an activating group) is 1. The second kappa shape index (κ2) is 6.74. The van der Waals surface area contributed by atoms with Crippen molar-refractivity contribution in [2.45, 2.75) is 38.6 Å². The molecular weight excluding hydrogens is 202 g/mol. The van der Waals surface area contributed by atoms with Crippen molar-refractivity contribution in [3.05, 3.63) is 0 Å². The van der Waals surface area contributed by atoms with Crippen LogP contribution in [0.5, 0.6) is 0 Å². The van der Waals surface area contributed by atoms with Crippen molar-refractivity contribution < 1.29 is 4.79 Å². The zero-order valence-corrected chi connectivity index (χ0v) is 10.8. The van der Waals surface area contributed by atoms with Crippen LogP contribution in [0.1, 0.15) is 32.6 Å². The average Bonchev–Trinajstić information content (AvgIpc) is 2.29. The van der Waals surface area contributed by atoms with Gasteiger partial charge in [0.25, 0.3) is 0 Å². The summed E-state index contributed by atoms with van der Waals surface area (Å²) in [6.07, 6.45) is 4.51. The van der Waals surface area contributed by atoms with E-state index in [1.165, 1.54) is 6.42 Å². The van der Waals surface area contributed by atoms with Crippen LogP contribution in [0.2, 0.25) is 0 Å². The lowest BCUT2D eigenvalue weighted by Crippen LogP contribution is -2.50. The van der Waals surface area contributed by atoms with E-state index in [2.05, 4.69) is 31.2 Å². The van der Waals surface area contributed by atoms with E-state index in [1.54, 1.807) is 0 Å². The molecule has 0 radical (unpaired) electrons. The van der Waals surface area contributed by atoms with Gasteiger partial charge < -0.3 is 15.1 Å². The molecule has 0 spiro atoms. The van der Waals surface area contributed by atoms with Crippen LogP contribution in [0.3, 0.4) is 0 Å². The number of unbranched alkanes of at least 4 members (excludes halogenated alkanes) is 1. The Kier molecular flexibility index (Phi) is 5.60. The van der Waals surface area contributed by atoms with Gasteiger partial charge in [0.15, 0.2) is 0 Å². The Morgan fingerprint density at radius 1 is 1.50 bits per heavy atom. The van der Waals surface area contributed by atoms with Gasteiger partial charge in [-0.05, 0) is 33.4 Å². The van der Waals surface area contributed by atoms with E-state index in [4.69, 9.17) is 0 Å². The summed E-state index contributed by atoms with van der Waals surface area (Å²) < 4.78 is 0. The predicted molar refractivity (Wildman–Crippen MR) is 66.6 cm³/mol. The van der Waals surface area contributed by atoms with Crippen LogP contribution in [0, 0.1) is 0 Å². The highest BCUT2D eigenvalue weighted by Crippen LogP contribution is 2.13. The normalized spacial score (nSPS) is 21.2. The van der Waals surface area contributed by atoms with Crippen molar-refractivity contribution in [3.63, 3.8) is 0 Å². The van der Waals surface area contributed by atoms with Gasteiger partial charge in [-0.3, -0.25) is 0 Å². The zero-order chi connectivity index (χ0) is 12.0. The molecule has 1 aliphatic heterocycles. The largest absolute Gasteiger partial charge is 0.338 e. The van der Waals surface area contributed by atoms with Crippen molar-refractivity contribution in [3.8, 4) is 0 Å². The first-order chi connectivity index (χ1) is 7.65. The summed E-state index contributed by atoms with van der Waals surface area (Å²) in [6.45, 7) is 4.71. The molecule has 16 heavy (non-hydrogen) atoms. The summed E-state index contributed by atoms with van der Waals surface area (Å²) in [5.74, 6) is 0. The fourth-order valence-corrected chi connectivity index (χ4v) is 2.04. The van der Waals surface area contributed by atoms with Crippen LogP contribution >= 0.6 is 0 Å². The van der Waals surface area contributed by atoms with Gasteiger partial charge in [-0.15, -0.1) is 0 Å². The Bertz CT molecular complexity index is 218. The first-order valence-corrected chi connectivity index (χ1v) is 6.34. The zero-order valence-electron chi connectivity index (χ0n) is 10.8. The molecule has 1 saturated heterocycles. The van der Waals surface area contributed by atoms with Gasteiger partial charge in [-0.1, -0.05) is 13.3 Å². The molecule has 4 heteroatoms. The number of urea groups is 1. The van der Waals surface area contributed by atoms with E-state index in [1.807, 2.05) is 4.90 Å². The first-order valence-electron chi connectivity index (χ1n) is 6.34. The lowest BCUT2D eigenvalue weighted by Gasteiger charge is -2.36. The maximum atomic E-state index is 11.8. The number of piperidine rings is 1. The summed E-state index contributed by atoms with van der Waals surface area (Å²) in [5, 5.41) is 2.98. The molecule has 1 atom stereocenters. The molecule has 1 aliphatic rings. The second-order valence-electron chi connectivity index (χ2n) is 4.79. The standard InChI is InChI=1S/C12H25N3O/c1-4-5-8-13-12(16)15-9-6-7-11(10-15)14(2)3/h11H,4-10H2,1-3H3,(H,13,16). The Morgan fingerprint density at radius 3 is 2.88 bits per heavy atom. The average molecular weight is 227 g/mol. The summed E-state index contributed by atoms with van der Waals surface area (Å²) in [5.41, 5.74) is 0. The van der Waals surface area contributed by atoms with E-state index in [9.17, 15) is 4.79 Å². The lowest BCUT2D eigenvalue weighted by molar-refractivity contribution is 0.140. The van der Waals surface area contributed by atoms with Crippen LogP contribution in [0.4, 0.5) is 4.79 Å². The van der Waals surface area contributed by atoms with Crippen molar-refractivity contribution >= 4 is 6.03 Å². The van der Waals surface area contributed by atoms with Crippen LogP contribution in [0.25, 0.3) is 0 Å². The summed E-state index contributed by atoms with van der Waals surface area (Å²) in [6, 6.07) is 0.630. The van der Waals surface area contributed by atoms with Gasteiger partial charge in [0.1, 0.15) is 0 Å². The Balaban J connectivity index is 2.32. The minimum Gasteiger partial charge on any atom is -0.338 e. The smallest absolute Gasteiger partial charge is 0.317 e. The number of likely N-dealkylation sites (tertiary alicyclic amines) is 1. The summed E-state index contributed by atoms with van der Waals surface area (Å²) >= 11 is 0. The van der Waals surface area contributed by atoms with E-state index >= 15 is 0 Å². The molecule has 1 unspecified atom stereocenters. The molecule has 0 aromatic heterocycles. The minimum atomic E-state index is 0.111. The van der Waals surface area contributed by atoms with Crippen LogP contribution < -0.4 is 5.32 Å². The van der Waals surface area contributed by atoms with Gasteiger partial charge in [0.05, 0.1) is 0 Å². The third-order valence-electron chi connectivity index (χ3n) is 3.22. The maximum Gasteiger partial charge on any atom is 0.317 e. The molecule has 0 aromatic rings. The molecule has 1 fully saturated rings. The van der Waals surface area contributed by atoms with E-state index in [0.29, 0.717) is 6.04 Å². The molecule has 1 heterocycles. The Morgan fingerprint density at radius 2 is 2.25 bits per heavy atom. The molecule has 0 bridgehead atoms. The van der Waals surface area contributed by atoms with E-state index in [-0.39, 0.29) is 6.03 Å². The number of carbonyl (C=O) groups excluding carboxylic acids is 1. The highest BCUT2D eigenvalue weighted by molar-refractivity contribution is 5.74. The third-order valence-corrected chi connectivity index (χ3v) is 3.22. The van der Waals surface area contributed by atoms with Crippen LogP contribution in [-0.4, -0.2) is 55.6 Å². The van der Waals surface area contributed by atoms with Crippen molar-refractivity contribution in [1.82, 2.24) is 15.1 Å². The maximum absolute atomic E-state index is 11.8. The van der Waals surface area contributed by atoms with Crippen LogP contribution in [0.15, 0.2) is 0 Å². The van der Waals surface area contributed by atoms with E-state index in [0.717, 1.165) is 38.9 Å². The number of rotatable bonds is 4. The molecule has 0 saturated carbocycles. The number of carbonyl (C=O) groups is 1. The molecule has 94 valence electrons. The predicted octanol–water partition coefficient (Wildman–Crippen LogP) is 1.52. The number of hydrogen-bond donors (Lipinski definition) is 1. The molecular formula is C12H25N3O. The Hall–Kier alpha value is -0.770. The van der Waals surface area contributed by atoms with Gasteiger partial charge in [-0.25, -0.2) is 4.79 Å². The SMILES string of the molecule is CCCCNC(=O)N1CCCC(N(C)C)C1. The number of nitrogens with one attached hydrogen (secondary N) is 1. The van der Waals surface area contributed by atoms with Crippen molar-refractivity contribution in [2.24, 2.45) is 0 Å². The summed E-state index contributed by atoms with van der Waals surface area (Å²) in [7, 11) is 4.17. The fraction of sp³-hybridized carbons (Fsp3) is 0.917. The van der Waals surface area contributed by atoms with Crippen LogP contribution in [-0.2, 0) is 0 Å². The van der Waals surface area contributed by atoms with Gasteiger partial charge in [-0.2, -0.15) is 0 Å². The fourth-order valence-electron chi connectivity index (χ4n) is 2.04. The van der Waals surface area contributed by atoms with Gasteiger partial charge in [0.2, 0.25) is 0 Å². The molecule has 0 aromatic carbocycles. The molecule has 4 nitrogen and oxygen atoms in total. The molecule has 0 aliphatic carbocycles. The second-order valence-corrected chi connectivity index (χ2v) is 4.79. The number of hydrogen-bond acceptors (Lipinski definition) is 2. The molecule has 1 N–H and O–H groups in total. The first kappa shape index (κ1) is 13.3. The number of amides is 2. The minimum absolute atomic E-state index is 0.111. The molecule has 2 amide bonds.